The first-order valence-corrected chi connectivity index (χ1v) is 6.56. The Bertz CT molecular complexity index is 770. The van der Waals surface area contributed by atoms with Gasteiger partial charge in [-0.25, -0.2) is 9.82 Å². The Morgan fingerprint density at radius 2 is 1.96 bits per heavy atom. The van der Waals surface area contributed by atoms with E-state index in [2.05, 4.69) is 10.5 Å². The number of hydrazone groups is 1. The van der Waals surface area contributed by atoms with Crippen molar-refractivity contribution in [2.24, 2.45) is 5.10 Å². The molecule has 23 heavy (non-hydrogen) atoms. The minimum absolute atomic E-state index is 0.00583. The van der Waals surface area contributed by atoms with Crippen LogP contribution >= 0.6 is 0 Å². The molecule has 0 aliphatic heterocycles. The van der Waals surface area contributed by atoms with Gasteiger partial charge >= 0.3 is 0 Å². The molecule has 0 unspecified atom stereocenters. The number of nitrogens with one attached hydrogen (secondary N) is 1. The summed E-state index contributed by atoms with van der Waals surface area (Å²) in [5.74, 6) is -0.894. The third kappa shape index (κ3) is 4.85. The number of hydrogen-bond acceptors (Lipinski definition) is 4. The van der Waals surface area contributed by atoms with Crippen LogP contribution in [0.25, 0.3) is 6.08 Å². The van der Waals surface area contributed by atoms with Crippen LogP contribution in [0.15, 0.2) is 59.7 Å². The summed E-state index contributed by atoms with van der Waals surface area (Å²) in [4.78, 5) is 21.8. The Morgan fingerprint density at radius 3 is 2.65 bits per heavy atom. The molecule has 2 aromatic rings. The molecule has 1 N–H and O–H groups in total. The molecule has 0 heterocycles. The predicted molar refractivity (Wildman–Crippen MR) is 84.5 cm³/mol. The maximum absolute atomic E-state index is 12.7. The molecule has 0 bridgehead atoms. The maximum atomic E-state index is 12.7. The summed E-state index contributed by atoms with van der Waals surface area (Å²) in [5, 5.41) is 14.3. The minimum Gasteiger partial charge on any atom is -0.267 e. The Kier molecular flexibility index (Phi) is 5.30. The van der Waals surface area contributed by atoms with Crippen molar-refractivity contribution in [3.8, 4) is 0 Å². The van der Waals surface area contributed by atoms with E-state index in [1.165, 1.54) is 48.7 Å². The highest BCUT2D eigenvalue weighted by atomic mass is 19.1. The SMILES string of the molecule is O=C(NN=CC=Cc1cccc([N+](=O)[O-])c1)c1ccc(F)cc1. The van der Waals surface area contributed by atoms with E-state index in [-0.39, 0.29) is 11.3 Å². The van der Waals surface area contributed by atoms with Gasteiger partial charge in [0, 0.05) is 23.9 Å². The van der Waals surface area contributed by atoms with E-state index >= 15 is 0 Å². The molecule has 0 aromatic heterocycles. The van der Waals surface area contributed by atoms with Gasteiger partial charge in [-0.05, 0) is 35.9 Å². The molecule has 0 fully saturated rings. The van der Waals surface area contributed by atoms with Crippen LogP contribution in [0.5, 0.6) is 0 Å². The number of hydrogen-bond donors (Lipinski definition) is 1. The quantitative estimate of drug-likeness (QED) is 0.522. The molecule has 0 atom stereocenters. The Balaban J connectivity index is 1.91. The van der Waals surface area contributed by atoms with Crippen molar-refractivity contribution < 1.29 is 14.1 Å². The van der Waals surface area contributed by atoms with Crippen LogP contribution in [-0.2, 0) is 0 Å². The number of carbonyl (C=O) groups excluding carboxylic acids is 1. The molecule has 0 radical (unpaired) electrons. The number of nitro groups is 1. The normalized spacial score (nSPS) is 11.0. The first-order chi connectivity index (χ1) is 11.1. The molecule has 2 rings (SSSR count). The van der Waals surface area contributed by atoms with Crippen molar-refractivity contribution in [2.45, 2.75) is 0 Å². The third-order valence-corrected chi connectivity index (χ3v) is 2.80. The Morgan fingerprint density at radius 1 is 1.22 bits per heavy atom. The van der Waals surface area contributed by atoms with Crippen LogP contribution < -0.4 is 5.43 Å². The number of halogens is 1. The molecule has 0 aliphatic rings. The van der Waals surface area contributed by atoms with Gasteiger partial charge in [-0.15, -0.1) is 0 Å². The van der Waals surface area contributed by atoms with Crippen LogP contribution in [0, 0.1) is 15.9 Å². The summed E-state index contributed by atoms with van der Waals surface area (Å²) in [6.45, 7) is 0. The van der Waals surface area contributed by atoms with E-state index in [0.29, 0.717) is 5.56 Å². The van der Waals surface area contributed by atoms with Crippen LogP contribution in [0.1, 0.15) is 15.9 Å². The summed E-state index contributed by atoms with van der Waals surface area (Å²) in [7, 11) is 0. The molecular weight excluding hydrogens is 301 g/mol. The van der Waals surface area contributed by atoms with E-state index in [1.807, 2.05) is 0 Å². The number of rotatable bonds is 5. The van der Waals surface area contributed by atoms with Crippen LogP contribution in [0.2, 0.25) is 0 Å². The number of allylic oxidation sites excluding steroid dienone is 1. The first-order valence-electron chi connectivity index (χ1n) is 6.56. The van der Waals surface area contributed by atoms with Crippen molar-refractivity contribution >= 4 is 23.9 Å². The highest BCUT2D eigenvalue weighted by molar-refractivity contribution is 5.94. The molecule has 6 nitrogen and oxygen atoms in total. The second kappa shape index (κ2) is 7.60. The number of carbonyl (C=O) groups is 1. The Labute approximate surface area is 131 Å². The summed E-state index contributed by atoms with van der Waals surface area (Å²) in [6, 6.07) is 11.1. The van der Waals surface area contributed by atoms with Gasteiger partial charge in [0.2, 0.25) is 0 Å². The molecule has 7 heteroatoms. The van der Waals surface area contributed by atoms with Gasteiger partial charge in [0.05, 0.1) is 4.92 Å². The summed E-state index contributed by atoms with van der Waals surface area (Å²) in [5.41, 5.74) is 3.20. The van der Waals surface area contributed by atoms with Crippen molar-refractivity contribution in [1.29, 1.82) is 0 Å². The lowest BCUT2D eigenvalue weighted by Crippen LogP contribution is -2.17. The van der Waals surface area contributed by atoms with E-state index in [0.717, 1.165) is 0 Å². The highest BCUT2D eigenvalue weighted by Gasteiger charge is 2.04. The lowest BCUT2D eigenvalue weighted by atomic mass is 10.2. The molecule has 2 aromatic carbocycles. The van der Waals surface area contributed by atoms with Crippen LogP contribution in [0.4, 0.5) is 10.1 Å². The number of amides is 1. The van der Waals surface area contributed by atoms with Gasteiger partial charge in [-0.2, -0.15) is 5.10 Å². The summed E-state index contributed by atoms with van der Waals surface area (Å²) in [6.07, 6.45) is 4.48. The lowest BCUT2D eigenvalue weighted by molar-refractivity contribution is -0.384. The predicted octanol–water partition coefficient (Wildman–Crippen LogP) is 3.16. The second-order valence-corrected chi connectivity index (χ2v) is 4.44. The highest BCUT2D eigenvalue weighted by Crippen LogP contribution is 2.13. The molecule has 0 spiro atoms. The molecule has 0 saturated heterocycles. The number of nitrogens with zero attached hydrogens (tertiary/aromatic N) is 2. The Hall–Kier alpha value is -3.35. The van der Waals surface area contributed by atoms with E-state index in [9.17, 15) is 19.3 Å². The van der Waals surface area contributed by atoms with Crippen molar-refractivity contribution in [3.63, 3.8) is 0 Å². The first kappa shape index (κ1) is 16.0. The van der Waals surface area contributed by atoms with E-state index in [1.54, 1.807) is 18.2 Å². The van der Waals surface area contributed by atoms with Gasteiger partial charge in [0.1, 0.15) is 5.82 Å². The van der Waals surface area contributed by atoms with Gasteiger partial charge in [-0.1, -0.05) is 18.2 Å². The van der Waals surface area contributed by atoms with Crippen molar-refractivity contribution in [2.75, 3.05) is 0 Å². The van der Waals surface area contributed by atoms with Gasteiger partial charge in [0.15, 0.2) is 0 Å². The fourth-order valence-electron chi connectivity index (χ4n) is 1.70. The smallest absolute Gasteiger partial charge is 0.267 e. The van der Waals surface area contributed by atoms with E-state index in [4.69, 9.17) is 0 Å². The third-order valence-electron chi connectivity index (χ3n) is 2.80. The van der Waals surface area contributed by atoms with E-state index < -0.39 is 16.6 Å². The zero-order valence-corrected chi connectivity index (χ0v) is 11.8. The molecule has 0 saturated carbocycles. The number of nitro benzene ring substituents is 1. The minimum atomic E-state index is -0.478. The average Bonchev–Trinajstić information content (AvgIpc) is 2.55. The fourth-order valence-corrected chi connectivity index (χ4v) is 1.70. The fraction of sp³-hybridized carbons (Fsp3) is 0. The second-order valence-electron chi connectivity index (χ2n) is 4.44. The molecular formula is C16H12FN3O3. The van der Waals surface area contributed by atoms with Gasteiger partial charge in [-0.3, -0.25) is 14.9 Å². The monoisotopic (exact) mass is 313 g/mol. The lowest BCUT2D eigenvalue weighted by Gasteiger charge is -1.98. The van der Waals surface area contributed by atoms with Gasteiger partial charge in [0.25, 0.3) is 11.6 Å². The maximum Gasteiger partial charge on any atom is 0.271 e. The summed E-state index contributed by atoms with van der Waals surface area (Å²) >= 11 is 0. The number of benzene rings is 2. The average molecular weight is 313 g/mol. The van der Waals surface area contributed by atoms with Crippen LogP contribution in [-0.4, -0.2) is 17.0 Å². The van der Waals surface area contributed by atoms with Crippen molar-refractivity contribution in [1.82, 2.24) is 5.43 Å². The zero-order chi connectivity index (χ0) is 16.7. The topological polar surface area (TPSA) is 84.6 Å². The number of non-ortho nitro benzene ring substituents is 1. The van der Waals surface area contributed by atoms with Gasteiger partial charge < -0.3 is 0 Å². The standard InChI is InChI=1S/C16H12FN3O3/c17-14-8-6-13(7-9-14)16(21)19-18-10-2-4-12-3-1-5-15(11-12)20(22)23/h1-11H,(H,19,21). The molecule has 116 valence electrons. The summed E-state index contributed by atoms with van der Waals surface area (Å²) < 4.78 is 12.7. The molecule has 0 aliphatic carbocycles. The van der Waals surface area contributed by atoms with Crippen molar-refractivity contribution in [3.05, 3.63) is 81.7 Å². The zero-order valence-electron chi connectivity index (χ0n) is 11.8. The largest absolute Gasteiger partial charge is 0.271 e. The van der Waals surface area contributed by atoms with Crippen LogP contribution in [0.3, 0.4) is 0 Å². The molecule has 1 amide bonds.